The summed E-state index contributed by atoms with van der Waals surface area (Å²) in [4.78, 5) is 14.0. The van der Waals surface area contributed by atoms with Crippen LogP contribution in [0.5, 0.6) is 0 Å². The van der Waals surface area contributed by atoms with Gasteiger partial charge < -0.3 is 5.32 Å². The van der Waals surface area contributed by atoms with Crippen LogP contribution in [0.4, 0.5) is 18.9 Å². The number of alkyl halides is 3. The topological polar surface area (TPSA) is 78.5 Å². The number of halogens is 3. The molecule has 2 aromatic carbocycles. The van der Waals surface area contributed by atoms with Gasteiger partial charge in [-0.05, 0) is 55.8 Å². The first-order chi connectivity index (χ1) is 14.1. The first kappa shape index (κ1) is 22.3. The smallest absolute Gasteiger partial charge is 0.325 e. The number of sulfonamides is 1. The van der Waals surface area contributed by atoms with Gasteiger partial charge in [-0.25, -0.2) is 13.1 Å². The number of rotatable bonds is 7. The monoisotopic (exact) mass is 441 g/mol. The summed E-state index contributed by atoms with van der Waals surface area (Å²) < 4.78 is 65.1. The van der Waals surface area contributed by atoms with E-state index in [9.17, 15) is 26.4 Å². The minimum Gasteiger partial charge on any atom is -0.325 e. The second-order valence-electron chi connectivity index (χ2n) is 7.04. The third-order valence-electron chi connectivity index (χ3n) is 4.78. The van der Waals surface area contributed by atoms with E-state index < -0.39 is 39.1 Å². The lowest BCUT2D eigenvalue weighted by molar-refractivity contribution is -0.137. The van der Waals surface area contributed by atoms with Gasteiger partial charge in [0.25, 0.3) is 0 Å². The van der Waals surface area contributed by atoms with E-state index in [-0.39, 0.29) is 0 Å². The van der Waals surface area contributed by atoms with Crippen molar-refractivity contribution in [2.75, 3.05) is 25.0 Å². The van der Waals surface area contributed by atoms with E-state index in [1.165, 1.54) is 0 Å². The average Bonchev–Trinajstić information content (AvgIpc) is 3.21. The van der Waals surface area contributed by atoms with Crippen LogP contribution in [0.15, 0.2) is 53.4 Å². The molecule has 3 rings (SSSR count). The van der Waals surface area contributed by atoms with Crippen molar-refractivity contribution < 1.29 is 26.4 Å². The molecule has 0 spiro atoms. The van der Waals surface area contributed by atoms with Crippen molar-refractivity contribution in [3.05, 3.63) is 59.7 Å². The number of benzene rings is 2. The van der Waals surface area contributed by atoms with Gasteiger partial charge in [0.15, 0.2) is 0 Å². The Labute approximate surface area is 173 Å². The molecule has 2 aromatic rings. The summed E-state index contributed by atoms with van der Waals surface area (Å²) >= 11 is 0. The van der Waals surface area contributed by atoms with Crippen LogP contribution in [-0.4, -0.2) is 38.9 Å². The van der Waals surface area contributed by atoms with E-state index in [0.717, 1.165) is 49.7 Å². The fourth-order valence-electron chi connectivity index (χ4n) is 3.24. The molecule has 0 aromatic heterocycles. The number of para-hydroxylation sites is 1. The molecule has 6 nitrogen and oxygen atoms in total. The van der Waals surface area contributed by atoms with E-state index in [4.69, 9.17) is 0 Å². The molecule has 0 radical (unpaired) electrons. The third-order valence-corrected chi connectivity index (χ3v) is 6.18. The lowest BCUT2D eigenvalue weighted by atomic mass is 10.1. The summed E-state index contributed by atoms with van der Waals surface area (Å²) in [5.41, 5.74) is 0.409. The maximum atomic E-state index is 12.8. The molecule has 1 saturated heterocycles. The summed E-state index contributed by atoms with van der Waals surface area (Å²) in [6, 6.07) is 10.6. The maximum Gasteiger partial charge on any atom is 0.416 e. The third kappa shape index (κ3) is 5.80. The van der Waals surface area contributed by atoms with Crippen LogP contribution >= 0.6 is 0 Å². The Morgan fingerprint density at radius 1 is 1.03 bits per heavy atom. The summed E-state index contributed by atoms with van der Waals surface area (Å²) in [6.45, 7) is 2.04. The highest BCUT2D eigenvalue weighted by molar-refractivity contribution is 7.89. The first-order valence-electron chi connectivity index (χ1n) is 9.42. The Morgan fingerprint density at radius 2 is 1.73 bits per heavy atom. The molecule has 0 bridgehead atoms. The predicted octanol–water partition coefficient (Wildman–Crippen LogP) is 3.22. The zero-order chi connectivity index (χ0) is 21.8. The van der Waals surface area contributed by atoms with Crippen molar-refractivity contribution in [2.24, 2.45) is 0 Å². The van der Waals surface area contributed by atoms with E-state index in [0.29, 0.717) is 18.3 Å². The Hall–Kier alpha value is -2.43. The van der Waals surface area contributed by atoms with Crippen LogP contribution < -0.4 is 10.0 Å². The Balaban J connectivity index is 1.63. The number of anilines is 1. The van der Waals surface area contributed by atoms with Crippen molar-refractivity contribution in [3.63, 3.8) is 0 Å². The highest BCUT2D eigenvalue weighted by atomic mass is 32.2. The lowest BCUT2D eigenvalue weighted by Crippen LogP contribution is -2.33. The Kier molecular flexibility index (Phi) is 6.79. The molecule has 1 aliphatic heterocycles. The van der Waals surface area contributed by atoms with Gasteiger partial charge in [0.1, 0.15) is 0 Å². The standard InChI is InChI=1S/C20H22F3N3O3S/c21-20(22,23)16-7-5-8-17(12-16)30(28,29)24-13-19(27)25-18-9-2-1-6-15(18)14-26-10-3-4-11-26/h1-2,5-9,12,24H,3-4,10-11,13-14H2,(H,25,27). The SMILES string of the molecule is O=C(CNS(=O)(=O)c1cccc(C(F)(F)F)c1)Nc1ccccc1CN1CCCC1. The fraction of sp³-hybridized carbons (Fsp3) is 0.350. The van der Waals surface area contributed by atoms with Crippen molar-refractivity contribution in [2.45, 2.75) is 30.5 Å². The van der Waals surface area contributed by atoms with Gasteiger partial charge in [-0.1, -0.05) is 24.3 Å². The van der Waals surface area contributed by atoms with Crippen molar-refractivity contribution in [3.8, 4) is 0 Å². The number of likely N-dealkylation sites (tertiary alicyclic amines) is 1. The van der Waals surface area contributed by atoms with Crippen molar-refractivity contribution in [1.29, 1.82) is 0 Å². The second-order valence-corrected chi connectivity index (χ2v) is 8.81. The Morgan fingerprint density at radius 3 is 2.43 bits per heavy atom. The van der Waals surface area contributed by atoms with Crippen LogP contribution in [0, 0.1) is 0 Å². The van der Waals surface area contributed by atoms with Crippen LogP contribution in [0.3, 0.4) is 0 Å². The van der Waals surface area contributed by atoms with Gasteiger partial charge in [0.05, 0.1) is 17.0 Å². The highest BCUT2D eigenvalue weighted by Gasteiger charge is 2.31. The molecular formula is C20H22F3N3O3S. The molecule has 1 amide bonds. The minimum atomic E-state index is -4.66. The molecule has 0 saturated carbocycles. The number of nitrogens with one attached hydrogen (secondary N) is 2. The van der Waals surface area contributed by atoms with Crippen LogP contribution in [0.25, 0.3) is 0 Å². The van der Waals surface area contributed by atoms with Gasteiger partial charge in [-0.15, -0.1) is 0 Å². The zero-order valence-electron chi connectivity index (χ0n) is 16.1. The number of hydrogen-bond donors (Lipinski definition) is 2. The van der Waals surface area contributed by atoms with E-state index in [2.05, 4.69) is 10.2 Å². The van der Waals surface area contributed by atoms with Gasteiger partial charge in [-0.3, -0.25) is 9.69 Å². The number of carbonyl (C=O) groups is 1. The molecule has 10 heteroatoms. The molecule has 1 aliphatic rings. The predicted molar refractivity (Wildman–Crippen MR) is 106 cm³/mol. The molecular weight excluding hydrogens is 419 g/mol. The minimum absolute atomic E-state index is 0.533. The van der Waals surface area contributed by atoms with E-state index >= 15 is 0 Å². The largest absolute Gasteiger partial charge is 0.416 e. The average molecular weight is 441 g/mol. The normalized spacial score (nSPS) is 15.3. The number of carbonyl (C=O) groups excluding carboxylic acids is 1. The summed E-state index contributed by atoms with van der Waals surface area (Å²) in [5.74, 6) is -0.612. The molecule has 1 fully saturated rings. The molecule has 0 unspecified atom stereocenters. The molecule has 0 aliphatic carbocycles. The van der Waals surface area contributed by atoms with Crippen LogP contribution in [0.1, 0.15) is 24.0 Å². The highest BCUT2D eigenvalue weighted by Crippen LogP contribution is 2.30. The van der Waals surface area contributed by atoms with Gasteiger partial charge in [0.2, 0.25) is 15.9 Å². The summed E-state index contributed by atoms with van der Waals surface area (Å²) in [5, 5.41) is 2.67. The maximum absolute atomic E-state index is 12.8. The molecule has 1 heterocycles. The Bertz CT molecular complexity index is 1000. The summed E-state index contributed by atoms with van der Waals surface area (Å²) in [7, 11) is -4.28. The zero-order valence-corrected chi connectivity index (χ0v) is 16.9. The number of hydrogen-bond acceptors (Lipinski definition) is 4. The fourth-order valence-corrected chi connectivity index (χ4v) is 4.27. The molecule has 2 N–H and O–H groups in total. The van der Waals surface area contributed by atoms with E-state index in [1.807, 2.05) is 16.9 Å². The molecule has 162 valence electrons. The van der Waals surface area contributed by atoms with E-state index in [1.54, 1.807) is 12.1 Å². The van der Waals surface area contributed by atoms with Crippen LogP contribution in [0.2, 0.25) is 0 Å². The second kappa shape index (κ2) is 9.15. The van der Waals surface area contributed by atoms with Crippen molar-refractivity contribution >= 4 is 21.6 Å². The first-order valence-corrected chi connectivity index (χ1v) is 10.9. The number of nitrogens with zero attached hydrogens (tertiary/aromatic N) is 1. The van der Waals surface area contributed by atoms with Gasteiger partial charge >= 0.3 is 6.18 Å². The molecule has 0 atom stereocenters. The number of amides is 1. The lowest BCUT2D eigenvalue weighted by Gasteiger charge is -2.18. The molecule has 30 heavy (non-hydrogen) atoms. The quantitative estimate of drug-likeness (QED) is 0.692. The van der Waals surface area contributed by atoms with Crippen molar-refractivity contribution in [1.82, 2.24) is 9.62 Å². The van der Waals surface area contributed by atoms with Gasteiger partial charge in [0, 0.05) is 12.2 Å². The van der Waals surface area contributed by atoms with Gasteiger partial charge in [-0.2, -0.15) is 13.2 Å². The van der Waals surface area contributed by atoms with Crippen LogP contribution in [-0.2, 0) is 27.5 Å². The summed E-state index contributed by atoms with van der Waals surface area (Å²) in [6.07, 6.45) is -2.40.